The van der Waals surface area contributed by atoms with Crippen LogP contribution in [0.1, 0.15) is 12.5 Å². The van der Waals surface area contributed by atoms with Crippen LogP contribution in [0, 0.1) is 16.0 Å². The Morgan fingerprint density at radius 1 is 1.62 bits per heavy atom. The molecule has 0 fully saturated rings. The topological polar surface area (TPSA) is 80.4 Å². The van der Waals surface area contributed by atoms with Crippen LogP contribution in [-0.4, -0.2) is 16.0 Å². The lowest BCUT2D eigenvalue weighted by Crippen LogP contribution is -2.13. The molecule has 5 nitrogen and oxygen atoms in total. The average molecular weight is 288 g/mol. The van der Waals surface area contributed by atoms with Gasteiger partial charge in [-0.2, -0.15) is 0 Å². The smallest absolute Gasteiger partial charge is 0.306 e. The van der Waals surface area contributed by atoms with Crippen molar-refractivity contribution >= 4 is 27.6 Å². The third-order valence-corrected chi connectivity index (χ3v) is 2.68. The molecule has 0 aliphatic rings. The van der Waals surface area contributed by atoms with Gasteiger partial charge in [0.1, 0.15) is 0 Å². The number of rotatable bonds is 4. The van der Waals surface area contributed by atoms with Gasteiger partial charge in [0.05, 0.1) is 10.8 Å². The van der Waals surface area contributed by atoms with E-state index >= 15 is 0 Å². The van der Waals surface area contributed by atoms with Gasteiger partial charge in [0.15, 0.2) is 0 Å². The second-order valence-corrected chi connectivity index (χ2v) is 4.39. The fraction of sp³-hybridized carbons (Fsp3) is 0.300. The van der Waals surface area contributed by atoms with Gasteiger partial charge in [-0.25, -0.2) is 0 Å². The number of hydrogen-bond donors (Lipinski definition) is 1. The minimum atomic E-state index is -0.961. The summed E-state index contributed by atoms with van der Waals surface area (Å²) in [5.74, 6) is -1.60. The van der Waals surface area contributed by atoms with Gasteiger partial charge in [-0.05, 0) is 12.5 Å². The van der Waals surface area contributed by atoms with Crippen molar-refractivity contribution in [1.29, 1.82) is 0 Å². The summed E-state index contributed by atoms with van der Waals surface area (Å²) in [5, 5.41) is 19.5. The highest BCUT2D eigenvalue weighted by Gasteiger charge is 2.19. The van der Waals surface area contributed by atoms with Crippen molar-refractivity contribution in [2.45, 2.75) is 13.3 Å². The summed E-state index contributed by atoms with van der Waals surface area (Å²) < 4.78 is 0.603. The standard InChI is InChI=1S/C10H10BrNO4/c1-6(10(13)14)4-7-2-3-8(11)5-9(7)12(15)16/h2-3,5-6H,4H2,1H3,(H,13,14). The molecular weight excluding hydrogens is 278 g/mol. The van der Waals surface area contributed by atoms with Crippen LogP contribution in [0.3, 0.4) is 0 Å². The van der Waals surface area contributed by atoms with Gasteiger partial charge >= 0.3 is 5.97 Å². The zero-order valence-electron chi connectivity index (χ0n) is 8.51. The molecule has 0 aliphatic heterocycles. The largest absolute Gasteiger partial charge is 0.481 e. The summed E-state index contributed by atoms with van der Waals surface area (Å²) in [4.78, 5) is 20.9. The maximum Gasteiger partial charge on any atom is 0.306 e. The first-order chi connectivity index (χ1) is 7.41. The van der Waals surface area contributed by atoms with Crippen LogP contribution in [-0.2, 0) is 11.2 Å². The van der Waals surface area contributed by atoms with Gasteiger partial charge in [-0.15, -0.1) is 0 Å². The summed E-state index contributed by atoms with van der Waals surface area (Å²) in [6.07, 6.45) is 0.152. The van der Waals surface area contributed by atoms with Crippen LogP contribution < -0.4 is 0 Å². The van der Waals surface area contributed by atoms with E-state index in [9.17, 15) is 14.9 Å². The van der Waals surface area contributed by atoms with Gasteiger partial charge in [0.25, 0.3) is 5.69 Å². The zero-order chi connectivity index (χ0) is 12.3. The van der Waals surface area contributed by atoms with Crippen molar-refractivity contribution in [3.63, 3.8) is 0 Å². The van der Waals surface area contributed by atoms with E-state index in [-0.39, 0.29) is 12.1 Å². The van der Waals surface area contributed by atoms with Crippen molar-refractivity contribution in [2.24, 2.45) is 5.92 Å². The Bertz CT molecular complexity index is 433. The second-order valence-electron chi connectivity index (χ2n) is 3.47. The van der Waals surface area contributed by atoms with Crippen molar-refractivity contribution in [3.8, 4) is 0 Å². The molecule has 0 aromatic heterocycles. The molecule has 1 unspecified atom stereocenters. The Labute approximate surface area is 100 Å². The number of carboxylic acids is 1. The maximum absolute atomic E-state index is 10.8. The SMILES string of the molecule is CC(Cc1ccc(Br)cc1[N+](=O)[O-])C(=O)O. The first-order valence-electron chi connectivity index (χ1n) is 4.57. The Balaban J connectivity index is 3.04. The molecule has 1 aromatic rings. The summed E-state index contributed by atoms with van der Waals surface area (Å²) in [6.45, 7) is 1.52. The van der Waals surface area contributed by atoms with E-state index < -0.39 is 16.8 Å². The van der Waals surface area contributed by atoms with E-state index in [0.717, 1.165) is 0 Å². The van der Waals surface area contributed by atoms with Gasteiger partial charge in [0, 0.05) is 16.1 Å². The van der Waals surface area contributed by atoms with E-state index in [4.69, 9.17) is 5.11 Å². The van der Waals surface area contributed by atoms with Crippen LogP contribution in [0.4, 0.5) is 5.69 Å². The molecule has 1 rings (SSSR count). The van der Waals surface area contributed by atoms with E-state index in [1.165, 1.54) is 13.0 Å². The van der Waals surface area contributed by atoms with E-state index in [1.807, 2.05) is 0 Å². The monoisotopic (exact) mass is 287 g/mol. The van der Waals surface area contributed by atoms with Gasteiger partial charge in [-0.1, -0.05) is 28.9 Å². The van der Waals surface area contributed by atoms with Crippen LogP contribution >= 0.6 is 15.9 Å². The number of nitro groups is 1. The number of nitro benzene ring substituents is 1. The van der Waals surface area contributed by atoms with Gasteiger partial charge in [-0.3, -0.25) is 14.9 Å². The molecular formula is C10H10BrNO4. The van der Waals surface area contributed by atoms with E-state index in [2.05, 4.69) is 15.9 Å². The highest BCUT2D eigenvalue weighted by Crippen LogP contribution is 2.25. The van der Waals surface area contributed by atoms with Gasteiger partial charge in [0.2, 0.25) is 0 Å². The normalized spacial score (nSPS) is 12.1. The Hall–Kier alpha value is -1.43. The number of nitrogens with zero attached hydrogens (tertiary/aromatic N) is 1. The lowest BCUT2D eigenvalue weighted by molar-refractivity contribution is -0.385. The summed E-state index contributed by atoms with van der Waals surface area (Å²) in [5.41, 5.74) is 0.380. The highest BCUT2D eigenvalue weighted by atomic mass is 79.9. The first kappa shape index (κ1) is 12.6. The molecule has 0 radical (unpaired) electrons. The third-order valence-electron chi connectivity index (χ3n) is 2.19. The summed E-state index contributed by atoms with van der Waals surface area (Å²) in [7, 11) is 0. The molecule has 0 saturated heterocycles. The van der Waals surface area contributed by atoms with E-state index in [1.54, 1.807) is 12.1 Å². The molecule has 0 saturated carbocycles. The predicted octanol–water partition coefficient (Wildman–Crippen LogP) is 2.62. The molecule has 1 aromatic carbocycles. The molecule has 0 bridgehead atoms. The number of halogens is 1. The molecule has 0 heterocycles. The molecule has 16 heavy (non-hydrogen) atoms. The zero-order valence-corrected chi connectivity index (χ0v) is 10.1. The minimum absolute atomic E-state index is 0.0533. The molecule has 0 spiro atoms. The maximum atomic E-state index is 10.8. The molecule has 86 valence electrons. The minimum Gasteiger partial charge on any atom is -0.481 e. The highest BCUT2D eigenvalue weighted by molar-refractivity contribution is 9.10. The fourth-order valence-corrected chi connectivity index (χ4v) is 1.65. The number of aliphatic carboxylic acids is 1. The van der Waals surface area contributed by atoms with Crippen LogP contribution in [0.5, 0.6) is 0 Å². The predicted molar refractivity (Wildman–Crippen MR) is 61.3 cm³/mol. The van der Waals surface area contributed by atoms with E-state index in [0.29, 0.717) is 10.0 Å². The molecule has 1 N–H and O–H groups in total. The lowest BCUT2D eigenvalue weighted by atomic mass is 10.00. The number of carboxylic acid groups (broad SMARTS) is 1. The number of carbonyl (C=O) groups is 1. The average Bonchev–Trinajstić information content (AvgIpc) is 2.20. The number of hydrogen-bond acceptors (Lipinski definition) is 3. The Morgan fingerprint density at radius 3 is 2.75 bits per heavy atom. The second kappa shape index (κ2) is 5.07. The van der Waals surface area contributed by atoms with Crippen molar-refractivity contribution in [3.05, 3.63) is 38.3 Å². The Morgan fingerprint density at radius 2 is 2.25 bits per heavy atom. The quantitative estimate of drug-likeness (QED) is 0.682. The summed E-state index contributed by atoms with van der Waals surface area (Å²) in [6, 6.07) is 4.61. The first-order valence-corrected chi connectivity index (χ1v) is 5.36. The molecule has 6 heteroatoms. The van der Waals surface area contributed by atoms with Crippen molar-refractivity contribution in [2.75, 3.05) is 0 Å². The fourth-order valence-electron chi connectivity index (χ4n) is 1.30. The Kier molecular flexibility index (Phi) is 4.00. The van der Waals surface area contributed by atoms with Crippen LogP contribution in [0.25, 0.3) is 0 Å². The van der Waals surface area contributed by atoms with Crippen molar-refractivity contribution in [1.82, 2.24) is 0 Å². The number of benzene rings is 1. The summed E-state index contributed by atoms with van der Waals surface area (Å²) >= 11 is 3.14. The van der Waals surface area contributed by atoms with Gasteiger partial charge < -0.3 is 5.11 Å². The van der Waals surface area contributed by atoms with Crippen molar-refractivity contribution < 1.29 is 14.8 Å². The third kappa shape index (κ3) is 3.03. The molecule has 0 amide bonds. The van der Waals surface area contributed by atoms with Crippen LogP contribution in [0.2, 0.25) is 0 Å². The van der Waals surface area contributed by atoms with Crippen LogP contribution in [0.15, 0.2) is 22.7 Å². The lowest BCUT2D eigenvalue weighted by Gasteiger charge is -2.06. The molecule has 0 aliphatic carbocycles. The molecule has 1 atom stereocenters.